The third kappa shape index (κ3) is 8.78. The van der Waals surface area contributed by atoms with Crippen LogP contribution in [0.5, 0.6) is 0 Å². The molecule has 338 valence electrons. The first-order chi connectivity index (χ1) is 36.3. The summed E-state index contributed by atoms with van der Waals surface area (Å²) in [6, 6.07) is 63.8. The van der Waals surface area contributed by atoms with Gasteiger partial charge in [0.2, 0.25) is 0 Å². The summed E-state index contributed by atoms with van der Waals surface area (Å²) in [6.45, 7) is -4.97. The van der Waals surface area contributed by atoms with Crippen molar-refractivity contribution in [3.05, 3.63) is 233 Å². The maximum Gasteiger partial charge on any atom is 3.00 e. The molecule has 0 aliphatic carbocycles. The first-order valence-electron chi connectivity index (χ1n) is 26.4. The van der Waals surface area contributed by atoms with Crippen molar-refractivity contribution < 1.29 is 35.5 Å². The van der Waals surface area contributed by atoms with E-state index in [1.165, 1.54) is 18.3 Å². The van der Waals surface area contributed by atoms with E-state index in [9.17, 15) is 4.39 Å². The summed E-state index contributed by atoms with van der Waals surface area (Å²) in [5.74, 6) is 5.20. The van der Waals surface area contributed by atoms with Gasteiger partial charge in [-0.3, -0.25) is 0 Å². The van der Waals surface area contributed by atoms with Gasteiger partial charge < -0.3 is 10.2 Å². The third-order valence-corrected chi connectivity index (χ3v) is 17.8. The molecule has 4 heterocycles. The average Bonchev–Trinajstić information content (AvgIpc) is 4.09. The van der Waals surface area contributed by atoms with Gasteiger partial charge in [-0.25, -0.2) is 4.98 Å². The summed E-state index contributed by atoms with van der Waals surface area (Å²) in [4.78, 5) is 12.4. The molecule has 0 radical (unpaired) electrons. The van der Waals surface area contributed by atoms with Crippen molar-refractivity contribution in [1.82, 2.24) is 9.97 Å². The summed E-state index contributed by atoms with van der Waals surface area (Å²) >= 11 is -0.926. The number of benzene rings is 8. The first kappa shape index (κ1) is 37.4. The number of pyridine rings is 2. The average molecular weight is 1160 g/mol. The monoisotopic (exact) mass is 1160 g/mol. The smallest absolute Gasteiger partial charge is 0.661 e. The van der Waals surface area contributed by atoms with Crippen molar-refractivity contribution in [2.24, 2.45) is 0 Å². The van der Waals surface area contributed by atoms with Crippen LogP contribution in [0.2, 0.25) is 17.3 Å². The Hall–Kier alpha value is -6.48. The summed E-state index contributed by atoms with van der Waals surface area (Å²) in [5.41, 5.74) is 7.00. The molecule has 0 saturated carbocycles. The first-order valence-corrected chi connectivity index (χ1v) is 30.6. The van der Waals surface area contributed by atoms with Crippen molar-refractivity contribution in [2.45, 2.75) is 43.5 Å². The molecule has 0 spiro atoms. The third-order valence-electron chi connectivity index (χ3n) is 12.4. The number of anilines is 2. The van der Waals surface area contributed by atoms with Crippen LogP contribution in [0.4, 0.5) is 21.5 Å². The van der Waals surface area contributed by atoms with Crippen molar-refractivity contribution >= 4 is 87.9 Å². The molecule has 0 amide bonds. The summed E-state index contributed by atoms with van der Waals surface area (Å²) < 4.78 is 80.0. The van der Waals surface area contributed by atoms with E-state index in [1.807, 2.05) is 65.8 Å². The van der Waals surface area contributed by atoms with Crippen LogP contribution >= 0.6 is 11.3 Å². The Kier molecular flexibility index (Phi) is 10.4. The molecular formula is C61H48FGeIrN4S. The molecular weight excluding hydrogens is 1100 g/mol. The van der Waals surface area contributed by atoms with Gasteiger partial charge in [0, 0.05) is 31.4 Å². The van der Waals surface area contributed by atoms with Crippen molar-refractivity contribution in [1.29, 1.82) is 0 Å². The van der Waals surface area contributed by atoms with Gasteiger partial charge in [0.1, 0.15) is 4.83 Å². The van der Waals surface area contributed by atoms with E-state index >= 15 is 0 Å². The van der Waals surface area contributed by atoms with Crippen LogP contribution in [0.25, 0.3) is 69.5 Å². The maximum atomic E-state index is 14.7. The molecule has 11 aromatic rings. The van der Waals surface area contributed by atoms with Crippen LogP contribution < -0.4 is 9.30 Å². The van der Waals surface area contributed by atoms with Crippen LogP contribution in [-0.4, -0.2) is 23.2 Å². The Morgan fingerprint density at radius 1 is 0.725 bits per heavy atom. The molecule has 8 heteroatoms. The number of thiophene rings is 1. The summed E-state index contributed by atoms with van der Waals surface area (Å²) in [6.07, 6.45) is -0.652. The molecule has 1 unspecified atom stereocenters. The molecule has 3 aromatic heterocycles. The van der Waals surface area contributed by atoms with Crippen molar-refractivity contribution in [3.8, 4) is 22.4 Å². The second-order valence-electron chi connectivity index (χ2n) is 17.8. The van der Waals surface area contributed by atoms with Crippen molar-refractivity contribution in [3.63, 3.8) is 0 Å². The van der Waals surface area contributed by atoms with E-state index in [1.54, 1.807) is 11.3 Å². The van der Waals surface area contributed by atoms with E-state index in [0.717, 1.165) is 86.1 Å². The zero-order chi connectivity index (χ0) is 53.3. The Bertz CT molecular complexity index is 4020. The molecule has 69 heavy (non-hydrogen) atoms. The topological polar surface area (TPSA) is 43.1 Å². The van der Waals surface area contributed by atoms with Crippen LogP contribution in [0.15, 0.2) is 182 Å². The normalized spacial score (nSPS) is 15.5. The SMILES string of the molecule is [2H]C([2H])([2H])c1cc(-c2[c-]ccc(C([2H])([2H])[2H])c2F)nc[c]1[Ge]([CH3])([CH3])[CH3].[2H]C([2H])(c1ccccc1)c1ccc2c(n1)sc1c(C3[N-]c4c(ccc5ccccc45)N3c3c(-c4ccccc4)ccc4ccccc34)[c-]ccc12.[Ir+3]. The predicted molar refractivity (Wildman–Crippen MR) is 287 cm³/mol. The Morgan fingerprint density at radius 3 is 2.19 bits per heavy atom. The van der Waals surface area contributed by atoms with Gasteiger partial charge in [-0.1, -0.05) is 138 Å². The van der Waals surface area contributed by atoms with Crippen LogP contribution in [0.1, 0.15) is 45.1 Å². The fraction of sp³-hybridized carbons (Fsp3) is 0.115. The van der Waals surface area contributed by atoms with Gasteiger partial charge in [-0.05, 0) is 51.0 Å². The second-order valence-corrected chi connectivity index (χ2v) is 29.4. The number of hydrogen-bond donors (Lipinski definition) is 0. The van der Waals surface area contributed by atoms with E-state index in [2.05, 4.69) is 131 Å². The summed E-state index contributed by atoms with van der Waals surface area (Å²) in [7, 11) is 0. The predicted octanol–water partition coefficient (Wildman–Crippen LogP) is 16.5. The molecule has 4 nitrogen and oxygen atoms in total. The number of hydrogen-bond acceptors (Lipinski definition) is 4. The molecule has 1 aliphatic rings. The van der Waals surface area contributed by atoms with Gasteiger partial charge >= 0.3 is 145 Å². The van der Waals surface area contributed by atoms with E-state index in [0.29, 0.717) is 11.3 Å². The molecule has 0 N–H and O–H groups in total. The molecule has 0 saturated heterocycles. The van der Waals surface area contributed by atoms with Crippen LogP contribution in [-0.2, 0) is 26.5 Å². The molecule has 1 atom stereocenters. The molecule has 1 aliphatic heterocycles. The Balaban J connectivity index is 0.000000220. The van der Waals surface area contributed by atoms with E-state index < -0.39 is 50.9 Å². The summed E-state index contributed by atoms with van der Waals surface area (Å²) in [5, 5.41) is 12.2. The number of aryl methyl sites for hydroxylation is 2. The fourth-order valence-corrected chi connectivity index (χ4v) is 13.1. The van der Waals surface area contributed by atoms with Gasteiger partial charge in [0.25, 0.3) is 0 Å². The van der Waals surface area contributed by atoms with E-state index in [-0.39, 0.29) is 36.9 Å². The Morgan fingerprint density at radius 2 is 1.42 bits per heavy atom. The van der Waals surface area contributed by atoms with Gasteiger partial charge in [0.15, 0.2) is 0 Å². The van der Waals surface area contributed by atoms with Gasteiger partial charge in [-0.2, -0.15) is 29.5 Å². The minimum absolute atomic E-state index is 0. The Labute approximate surface area is 434 Å². The van der Waals surface area contributed by atoms with E-state index in [4.69, 9.17) is 21.3 Å². The zero-order valence-corrected chi connectivity index (χ0v) is 43.1. The fourth-order valence-electron chi connectivity index (χ4n) is 9.12. The van der Waals surface area contributed by atoms with Crippen LogP contribution in [0.3, 0.4) is 0 Å². The number of nitrogens with zero attached hydrogens (tertiary/aromatic N) is 4. The maximum absolute atomic E-state index is 14.7. The second kappa shape index (κ2) is 19.1. The van der Waals surface area contributed by atoms with Gasteiger partial charge in [0.05, 0.1) is 5.69 Å². The minimum atomic E-state index is -2.61. The quantitative estimate of drug-likeness (QED) is 0.118. The number of halogens is 1. The van der Waals surface area contributed by atoms with Gasteiger partial charge in [-0.15, -0.1) is 16.6 Å². The number of aromatic nitrogens is 2. The number of rotatable bonds is 7. The molecule has 0 fully saturated rings. The molecule has 0 bridgehead atoms. The standard InChI is InChI=1S/C45H29N3S.C16H19FGeN.Ir/c1-3-12-29(13-4-1)28-33-24-26-38-37-20-11-21-39(43(37)49-45(38)46-33)44-47-41-34-18-9-7-16-31(34)23-27-40(41)48(44)42-35-19-10-8-17-32(35)22-25-36(42)30-14-5-2-6-15-30;1-11-7-6-8-13(16(11)17)15-9-12(2)14(10-19-15)18(3,4)5;/h1-20,22-27,44H,28H2;6-7,9-10H,1-5H3;/q-2;-1;+3/i28D2;1D3,2D3;. The number of fused-ring (bicyclic) bond motifs is 7. The minimum Gasteiger partial charge on any atom is -0.661 e. The van der Waals surface area contributed by atoms with Crippen LogP contribution in [0, 0.1) is 31.7 Å². The molecule has 12 rings (SSSR count). The molecule has 8 aromatic carbocycles. The zero-order valence-electron chi connectivity index (χ0n) is 45.8. The van der Waals surface area contributed by atoms with Crippen molar-refractivity contribution in [2.75, 3.05) is 4.90 Å². The largest absolute Gasteiger partial charge is 3.00 e.